The molecule has 16 radical (unpaired) electrons. The number of fused-ring (bicyclic) bond motifs is 4. The Bertz CT molecular complexity index is 2940. The largest absolute Gasteiger partial charge is 0.113 e. The van der Waals surface area contributed by atoms with Crippen LogP contribution in [0.1, 0.15) is 0 Å². The summed E-state index contributed by atoms with van der Waals surface area (Å²) in [7, 11) is 54.9. The fraction of sp³-hybridized carbons (Fsp3) is 0. The molecule has 0 spiro atoms. The van der Waals surface area contributed by atoms with Crippen LogP contribution >= 0.6 is 0 Å². The lowest BCUT2D eigenvalue weighted by Gasteiger charge is -2.29. The van der Waals surface area contributed by atoms with E-state index >= 15 is 0 Å². The number of rotatable bonds is 4. The van der Waals surface area contributed by atoms with Gasteiger partial charge in [0.05, 0.1) is 0 Å². The van der Waals surface area contributed by atoms with Crippen molar-refractivity contribution in [3.8, 4) is 44.5 Å². The molecule has 0 N–H and O–H groups in total. The molecule has 54 heavy (non-hydrogen) atoms. The summed E-state index contributed by atoms with van der Waals surface area (Å²) in [6, 6.07) is 45.5. The zero-order valence-electron chi connectivity index (χ0n) is 29.3. The lowest BCUT2D eigenvalue weighted by atomic mass is 9.59. The summed E-state index contributed by atoms with van der Waals surface area (Å²) < 4.78 is 0. The summed E-state index contributed by atoms with van der Waals surface area (Å²) in [6.07, 6.45) is 0. The van der Waals surface area contributed by atoms with E-state index in [0.717, 1.165) is 54.9 Å². The summed E-state index contributed by atoms with van der Waals surface area (Å²) in [5.74, 6) is 0. The number of hydrogen-bond acceptors (Lipinski definition) is 0. The van der Waals surface area contributed by atoms with Crippen molar-refractivity contribution in [2.24, 2.45) is 0 Å². The molecule has 9 rings (SSSR count). The molecule has 9 aromatic carbocycles. The first-order valence-corrected chi connectivity index (χ1v) is 17.6. The maximum Gasteiger partial charge on any atom is 0.113 e. The molecule has 0 aromatic heterocycles. The lowest BCUT2D eigenvalue weighted by molar-refractivity contribution is 1.63. The number of hydrogen-bond donors (Lipinski definition) is 0. The molecular formula is C46H22B8. The van der Waals surface area contributed by atoms with Crippen molar-refractivity contribution in [1.29, 1.82) is 0 Å². The van der Waals surface area contributed by atoms with E-state index in [1.165, 1.54) is 0 Å². The van der Waals surface area contributed by atoms with E-state index in [1.807, 2.05) is 54.6 Å². The zero-order valence-corrected chi connectivity index (χ0v) is 29.3. The van der Waals surface area contributed by atoms with Crippen LogP contribution in [0.15, 0.2) is 133 Å². The molecule has 0 fully saturated rings. The first-order chi connectivity index (χ1) is 26.2. The highest BCUT2D eigenvalue weighted by Gasteiger charge is 2.26. The van der Waals surface area contributed by atoms with Gasteiger partial charge in [0, 0.05) is 0 Å². The minimum absolute atomic E-state index is 0.177. The quantitative estimate of drug-likeness (QED) is 0.201. The Morgan fingerprint density at radius 2 is 0.704 bits per heavy atom. The van der Waals surface area contributed by atoms with E-state index in [0.29, 0.717) is 32.7 Å². The van der Waals surface area contributed by atoms with Crippen LogP contribution in [0.25, 0.3) is 87.6 Å². The third-order valence-corrected chi connectivity index (χ3v) is 10.8. The van der Waals surface area contributed by atoms with Crippen LogP contribution in [0.3, 0.4) is 0 Å². The Hall–Kier alpha value is -5.46. The van der Waals surface area contributed by atoms with E-state index in [4.69, 9.17) is 62.8 Å². The van der Waals surface area contributed by atoms with Gasteiger partial charge in [-0.15, -0.1) is 21.9 Å². The molecule has 8 heteroatoms. The second-order valence-electron chi connectivity index (χ2n) is 13.8. The van der Waals surface area contributed by atoms with Gasteiger partial charge in [-0.2, -0.15) is 0 Å². The normalized spacial score (nSPS) is 11.6. The molecule has 0 aliphatic carbocycles. The predicted molar refractivity (Wildman–Crippen MR) is 241 cm³/mol. The Labute approximate surface area is 326 Å². The molecule has 0 aliphatic rings. The minimum Gasteiger partial charge on any atom is -0.110 e. The molecule has 0 saturated carbocycles. The minimum atomic E-state index is 0.177. The maximum absolute atomic E-state index is 7.07. The molecule has 0 nitrogen and oxygen atoms in total. The van der Waals surface area contributed by atoms with Gasteiger partial charge in [-0.1, -0.05) is 143 Å². The topological polar surface area (TPSA) is 0 Å². The highest BCUT2D eigenvalue weighted by atomic mass is 14.3. The van der Waals surface area contributed by atoms with E-state index in [1.54, 1.807) is 0 Å². The average molecular weight is 661 g/mol. The Balaban J connectivity index is 1.47. The smallest absolute Gasteiger partial charge is 0.110 e. The molecular weight excluding hydrogens is 639 g/mol. The standard InChI is InChI=1S/C46H22B8/c47-39-35-33(28-14-8-13-26(22-28)27-18-17-23-9-4-5-12-25(23)21-27)36-38(42(50)46(54)44(52)40(36)48)34(37(35)41(49)45(53)43(39)51)32-20-19-29(24-10-2-1-3-11-24)30-15-6-7-16-31(30)32/h1-22H. The lowest BCUT2D eigenvalue weighted by Crippen LogP contribution is -2.50. The molecule has 0 unspecified atom stereocenters. The van der Waals surface area contributed by atoms with Crippen LogP contribution in [0.2, 0.25) is 0 Å². The fourth-order valence-electron chi connectivity index (χ4n) is 8.11. The molecule has 0 amide bonds. The van der Waals surface area contributed by atoms with Crippen molar-refractivity contribution in [2.45, 2.75) is 0 Å². The van der Waals surface area contributed by atoms with Crippen LogP contribution in [-0.4, -0.2) is 62.8 Å². The SMILES string of the molecule is [B]c1c([B])c([B])c2c(-c3ccc(-c4ccccc4)c4ccccc34)c3c([B])c([B])c([B])c([B])c3c(-c3cccc(-c4ccc5ccccc5c4)c3)c2c1[B]. The van der Waals surface area contributed by atoms with E-state index in [2.05, 4.69) is 78.9 Å². The summed E-state index contributed by atoms with van der Waals surface area (Å²) >= 11 is 0. The van der Waals surface area contributed by atoms with E-state index in [-0.39, 0.29) is 43.7 Å². The average Bonchev–Trinajstić information content (AvgIpc) is 3.22. The van der Waals surface area contributed by atoms with Crippen LogP contribution in [0.5, 0.6) is 0 Å². The van der Waals surface area contributed by atoms with Gasteiger partial charge in [-0.3, -0.25) is 0 Å². The molecule has 0 saturated heterocycles. The highest BCUT2D eigenvalue weighted by molar-refractivity contribution is 6.71. The molecule has 0 bridgehead atoms. The molecule has 9 aromatic rings. The fourth-order valence-corrected chi connectivity index (χ4v) is 8.11. The van der Waals surface area contributed by atoms with Crippen LogP contribution in [-0.2, 0) is 0 Å². The van der Waals surface area contributed by atoms with Gasteiger partial charge in [0.2, 0.25) is 0 Å². The first kappa shape index (κ1) is 34.3. The third-order valence-electron chi connectivity index (χ3n) is 10.8. The van der Waals surface area contributed by atoms with Gasteiger partial charge < -0.3 is 0 Å². The van der Waals surface area contributed by atoms with E-state index in [9.17, 15) is 0 Å². The van der Waals surface area contributed by atoms with Gasteiger partial charge >= 0.3 is 0 Å². The summed E-state index contributed by atoms with van der Waals surface area (Å²) in [5.41, 5.74) is 8.94. The van der Waals surface area contributed by atoms with Crippen molar-refractivity contribution in [3.05, 3.63) is 133 Å². The summed E-state index contributed by atoms with van der Waals surface area (Å²) in [4.78, 5) is 0. The van der Waals surface area contributed by atoms with Gasteiger partial charge in [0.1, 0.15) is 62.8 Å². The predicted octanol–water partition coefficient (Wildman–Crippen LogP) is 3.32. The number of benzene rings is 9. The van der Waals surface area contributed by atoms with Crippen molar-refractivity contribution in [2.75, 3.05) is 0 Å². The van der Waals surface area contributed by atoms with Gasteiger partial charge in [-0.05, 0) is 99.7 Å². The van der Waals surface area contributed by atoms with Crippen LogP contribution in [0.4, 0.5) is 0 Å². The monoisotopic (exact) mass is 662 g/mol. The molecule has 0 aliphatic heterocycles. The van der Waals surface area contributed by atoms with E-state index < -0.39 is 0 Å². The molecule has 230 valence electrons. The van der Waals surface area contributed by atoms with Crippen LogP contribution < -0.4 is 43.7 Å². The summed E-state index contributed by atoms with van der Waals surface area (Å²) in [6.45, 7) is 0. The highest BCUT2D eigenvalue weighted by Crippen LogP contribution is 2.44. The van der Waals surface area contributed by atoms with Crippen molar-refractivity contribution >= 4 is 150 Å². The van der Waals surface area contributed by atoms with Crippen LogP contribution in [0, 0.1) is 0 Å². The van der Waals surface area contributed by atoms with Crippen molar-refractivity contribution in [1.82, 2.24) is 0 Å². The van der Waals surface area contributed by atoms with Gasteiger partial charge in [0.25, 0.3) is 0 Å². The maximum atomic E-state index is 7.07. The second-order valence-corrected chi connectivity index (χ2v) is 13.8. The van der Waals surface area contributed by atoms with Crippen molar-refractivity contribution < 1.29 is 0 Å². The zero-order chi connectivity index (χ0) is 37.4. The Kier molecular flexibility index (Phi) is 8.35. The molecule has 0 heterocycles. The van der Waals surface area contributed by atoms with Gasteiger partial charge in [-0.25, -0.2) is 0 Å². The molecule has 0 atom stereocenters. The van der Waals surface area contributed by atoms with Crippen molar-refractivity contribution in [3.63, 3.8) is 0 Å². The first-order valence-electron chi connectivity index (χ1n) is 17.6. The Morgan fingerprint density at radius 3 is 1.31 bits per heavy atom. The Morgan fingerprint density at radius 1 is 0.259 bits per heavy atom. The second kappa shape index (κ2) is 13.1. The summed E-state index contributed by atoms with van der Waals surface area (Å²) in [5, 5.41) is 6.62. The van der Waals surface area contributed by atoms with Gasteiger partial charge in [0.15, 0.2) is 0 Å². The third kappa shape index (κ3) is 5.18.